The predicted molar refractivity (Wildman–Crippen MR) is 69.9 cm³/mol. The molecule has 0 aliphatic heterocycles. The highest BCUT2D eigenvalue weighted by Gasteiger charge is 2.06. The average molecular weight is 243 g/mol. The Balaban J connectivity index is 1.98. The second-order valence-corrected chi connectivity index (χ2v) is 4.18. The molecule has 0 unspecified atom stereocenters. The number of ketones is 1. The number of carbonyl (C=O) groups is 1. The van der Waals surface area contributed by atoms with E-state index in [1.165, 1.54) is 24.3 Å². The quantitative estimate of drug-likeness (QED) is 0.661. The van der Waals surface area contributed by atoms with Crippen LogP contribution in [0.5, 0.6) is 0 Å². The lowest BCUT2D eigenvalue weighted by molar-refractivity contribution is 0.0983. The molecule has 0 heterocycles. The van der Waals surface area contributed by atoms with Crippen molar-refractivity contribution >= 4 is 11.5 Å². The third-order valence-corrected chi connectivity index (χ3v) is 2.76. The maximum absolute atomic E-state index is 12.7. The second-order valence-electron chi connectivity index (χ2n) is 4.18. The van der Waals surface area contributed by atoms with Crippen molar-refractivity contribution < 1.29 is 9.18 Å². The van der Waals surface area contributed by atoms with E-state index in [4.69, 9.17) is 5.73 Å². The Morgan fingerprint density at radius 2 is 1.83 bits per heavy atom. The molecule has 2 aromatic rings. The van der Waals surface area contributed by atoms with E-state index in [-0.39, 0.29) is 11.6 Å². The summed E-state index contributed by atoms with van der Waals surface area (Å²) in [6.45, 7) is 0. The molecule has 0 bridgehead atoms. The minimum Gasteiger partial charge on any atom is -0.399 e. The highest BCUT2D eigenvalue weighted by atomic mass is 19.1. The Morgan fingerprint density at radius 3 is 2.50 bits per heavy atom. The van der Waals surface area contributed by atoms with Crippen LogP contribution < -0.4 is 5.73 Å². The Bertz CT molecular complexity index is 549. The number of aryl methyl sites for hydroxylation is 1. The zero-order valence-corrected chi connectivity index (χ0v) is 9.90. The molecule has 0 aliphatic rings. The SMILES string of the molecule is Nc1cccc(CCC(=O)c2ccc(F)cc2)c1. The van der Waals surface area contributed by atoms with Crippen molar-refractivity contribution in [1.82, 2.24) is 0 Å². The van der Waals surface area contributed by atoms with E-state index >= 15 is 0 Å². The molecule has 2 nitrogen and oxygen atoms in total. The van der Waals surface area contributed by atoms with Gasteiger partial charge < -0.3 is 5.73 Å². The van der Waals surface area contributed by atoms with Crippen molar-refractivity contribution in [1.29, 1.82) is 0 Å². The number of carbonyl (C=O) groups excluding carboxylic acids is 1. The van der Waals surface area contributed by atoms with Gasteiger partial charge in [0.1, 0.15) is 5.82 Å². The number of Topliss-reactive ketones (excluding diaryl/α,β-unsaturated/α-hetero) is 1. The summed E-state index contributed by atoms with van der Waals surface area (Å²) in [5.74, 6) is -0.320. The van der Waals surface area contributed by atoms with Crippen LogP contribution in [0.4, 0.5) is 10.1 Å². The largest absolute Gasteiger partial charge is 0.399 e. The van der Waals surface area contributed by atoms with E-state index in [9.17, 15) is 9.18 Å². The van der Waals surface area contributed by atoms with Crippen LogP contribution in [0, 0.1) is 5.82 Å². The Labute approximate surface area is 105 Å². The highest BCUT2D eigenvalue weighted by Crippen LogP contribution is 2.12. The van der Waals surface area contributed by atoms with Gasteiger partial charge in [-0.3, -0.25) is 4.79 Å². The monoisotopic (exact) mass is 243 g/mol. The number of benzene rings is 2. The predicted octanol–water partition coefficient (Wildman–Crippen LogP) is 3.22. The molecule has 0 aliphatic carbocycles. The second kappa shape index (κ2) is 5.45. The van der Waals surface area contributed by atoms with Crippen molar-refractivity contribution in [3.8, 4) is 0 Å². The number of hydrogen-bond acceptors (Lipinski definition) is 2. The number of anilines is 1. The molecule has 0 atom stereocenters. The third-order valence-electron chi connectivity index (χ3n) is 2.76. The minimum atomic E-state index is -0.331. The van der Waals surface area contributed by atoms with Gasteiger partial charge in [-0.15, -0.1) is 0 Å². The molecule has 2 aromatic carbocycles. The smallest absolute Gasteiger partial charge is 0.163 e. The Hall–Kier alpha value is -2.16. The van der Waals surface area contributed by atoms with Gasteiger partial charge in [-0.25, -0.2) is 4.39 Å². The number of halogens is 1. The summed E-state index contributed by atoms with van der Waals surface area (Å²) in [6.07, 6.45) is 1.04. The first-order valence-electron chi connectivity index (χ1n) is 5.78. The van der Waals surface area contributed by atoms with Gasteiger partial charge in [0.2, 0.25) is 0 Å². The first-order valence-corrected chi connectivity index (χ1v) is 5.78. The number of hydrogen-bond donors (Lipinski definition) is 1. The number of nitrogens with two attached hydrogens (primary N) is 1. The summed E-state index contributed by atoms with van der Waals surface area (Å²) < 4.78 is 12.7. The van der Waals surface area contributed by atoms with Gasteiger partial charge in [-0.1, -0.05) is 12.1 Å². The van der Waals surface area contributed by atoms with Gasteiger partial charge in [0.05, 0.1) is 0 Å². The van der Waals surface area contributed by atoms with Crippen molar-refractivity contribution in [3.63, 3.8) is 0 Å². The van der Waals surface area contributed by atoms with Crippen LogP contribution in [0.15, 0.2) is 48.5 Å². The van der Waals surface area contributed by atoms with Crippen LogP contribution in [0.3, 0.4) is 0 Å². The summed E-state index contributed by atoms with van der Waals surface area (Å²) in [7, 11) is 0. The van der Waals surface area contributed by atoms with E-state index in [2.05, 4.69) is 0 Å². The first-order chi connectivity index (χ1) is 8.65. The molecule has 18 heavy (non-hydrogen) atoms. The van der Waals surface area contributed by atoms with Crippen LogP contribution in [-0.4, -0.2) is 5.78 Å². The number of nitrogen functional groups attached to an aromatic ring is 1. The molecular formula is C15H14FNO. The third kappa shape index (κ3) is 3.17. The summed E-state index contributed by atoms with van der Waals surface area (Å²) >= 11 is 0. The van der Waals surface area contributed by atoms with Crippen molar-refractivity contribution in [2.24, 2.45) is 0 Å². The zero-order chi connectivity index (χ0) is 13.0. The van der Waals surface area contributed by atoms with E-state index in [1.54, 1.807) is 0 Å². The van der Waals surface area contributed by atoms with Crippen LogP contribution in [-0.2, 0) is 6.42 Å². The topological polar surface area (TPSA) is 43.1 Å². The van der Waals surface area contributed by atoms with Gasteiger partial charge in [-0.2, -0.15) is 0 Å². The molecule has 0 saturated carbocycles. The maximum atomic E-state index is 12.7. The summed E-state index contributed by atoms with van der Waals surface area (Å²) in [5, 5.41) is 0. The van der Waals surface area contributed by atoms with Crippen molar-refractivity contribution in [2.75, 3.05) is 5.73 Å². The maximum Gasteiger partial charge on any atom is 0.163 e. The zero-order valence-electron chi connectivity index (χ0n) is 9.90. The molecule has 92 valence electrons. The van der Waals surface area contributed by atoms with Gasteiger partial charge >= 0.3 is 0 Å². The van der Waals surface area contributed by atoms with Crippen LogP contribution in [0.2, 0.25) is 0 Å². The molecule has 0 spiro atoms. The van der Waals surface area contributed by atoms with Gasteiger partial charge in [0.15, 0.2) is 5.78 Å². The fourth-order valence-electron chi connectivity index (χ4n) is 1.79. The van der Waals surface area contributed by atoms with Gasteiger partial charge in [-0.05, 0) is 48.4 Å². The molecule has 0 saturated heterocycles. The van der Waals surface area contributed by atoms with Gasteiger partial charge in [0, 0.05) is 17.7 Å². The van der Waals surface area contributed by atoms with Crippen molar-refractivity contribution in [3.05, 3.63) is 65.5 Å². The summed E-state index contributed by atoms with van der Waals surface area (Å²) in [6, 6.07) is 13.1. The molecule has 0 radical (unpaired) electrons. The van der Waals surface area contributed by atoms with Gasteiger partial charge in [0.25, 0.3) is 0 Å². The highest BCUT2D eigenvalue weighted by molar-refractivity contribution is 5.96. The van der Waals surface area contributed by atoms with E-state index in [1.807, 2.05) is 24.3 Å². The molecule has 2 rings (SSSR count). The number of rotatable bonds is 4. The standard InChI is InChI=1S/C15H14FNO/c16-13-7-5-12(6-8-13)15(18)9-4-11-2-1-3-14(17)10-11/h1-3,5-8,10H,4,9,17H2. The van der Waals surface area contributed by atoms with Crippen LogP contribution in [0.1, 0.15) is 22.3 Å². The molecule has 3 heteroatoms. The van der Waals surface area contributed by atoms with E-state index < -0.39 is 0 Å². The summed E-state index contributed by atoms with van der Waals surface area (Å²) in [4.78, 5) is 11.9. The van der Waals surface area contributed by atoms with Crippen LogP contribution >= 0.6 is 0 Å². The Morgan fingerprint density at radius 1 is 1.11 bits per heavy atom. The lowest BCUT2D eigenvalue weighted by Gasteiger charge is -2.03. The molecule has 2 N–H and O–H groups in total. The minimum absolute atomic E-state index is 0.0115. The fourth-order valence-corrected chi connectivity index (χ4v) is 1.79. The fraction of sp³-hybridized carbons (Fsp3) is 0.133. The normalized spacial score (nSPS) is 10.3. The molecular weight excluding hydrogens is 229 g/mol. The van der Waals surface area contributed by atoms with Crippen LogP contribution in [0.25, 0.3) is 0 Å². The van der Waals surface area contributed by atoms with E-state index in [0.717, 1.165) is 5.56 Å². The first kappa shape index (κ1) is 12.3. The summed E-state index contributed by atoms with van der Waals surface area (Å²) in [5.41, 5.74) is 7.94. The lowest BCUT2D eigenvalue weighted by Crippen LogP contribution is -2.01. The lowest BCUT2D eigenvalue weighted by atomic mass is 10.0. The molecule has 0 fully saturated rings. The molecule has 0 aromatic heterocycles. The average Bonchev–Trinajstić information content (AvgIpc) is 2.37. The molecule has 0 amide bonds. The van der Waals surface area contributed by atoms with E-state index in [0.29, 0.717) is 24.1 Å². The Kier molecular flexibility index (Phi) is 3.72. The van der Waals surface area contributed by atoms with Crippen molar-refractivity contribution in [2.45, 2.75) is 12.8 Å².